The lowest BCUT2D eigenvalue weighted by molar-refractivity contribution is -0.137. The molecule has 1 atom stereocenters. The van der Waals surface area contributed by atoms with Gasteiger partial charge in [-0.05, 0) is 30.7 Å². The first-order valence-electron chi connectivity index (χ1n) is 7.40. The summed E-state index contributed by atoms with van der Waals surface area (Å²) >= 11 is 6.38. The second-order valence-electron chi connectivity index (χ2n) is 5.42. The first kappa shape index (κ1) is 16.7. The molecule has 2 aliphatic heterocycles. The molecule has 1 N–H and O–H groups in total. The number of para-hydroxylation sites is 1. The maximum absolute atomic E-state index is 12.4. The number of amides is 1. The van der Waals surface area contributed by atoms with Crippen molar-refractivity contribution in [3.63, 3.8) is 0 Å². The normalized spacial score (nSPS) is 21.5. The number of hydrogen-bond donors (Lipinski definition) is 1. The zero-order valence-electron chi connectivity index (χ0n) is 12.9. The number of thiocarbonyl (C=S) groups is 1. The highest BCUT2D eigenvalue weighted by atomic mass is 32.2. The summed E-state index contributed by atoms with van der Waals surface area (Å²) in [6.45, 7) is 2.01. The number of fused-ring (bicyclic) bond motifs is 1. The SMILES string of the molecule is C[C@@H]1Oc2ccccc2C=C1/C=C1\SC(=S)N(CCC(=O)O)C1=O. The van der Waals surface area contributed by atoms with Gasteiger partial charge in [-0.15, -0.1) is 0 Å². The van der Waals surface area contributed by atoms with Gasteiger partial charge in [-0.25, -0.2) is 0 Å². The largest absolute Gasteiger partial charge is 0.485 e. The van der Waals surface area contributed by atoms with Gasteiger partial charge in [-0.1, -0.05) is 42.2 Å². The minimum Gasteiger partial charge on any atom is -0.485 e. The highest BCUT2D eigenvalue weighted by molar-refractivity contribution is 8.26. The molecule has 124 valence electrons. The first-order chi connectivity index (χ1) is 11.5. The maximum atomic E-state index is 12.4. The Hall–Kier alpha value is -2.12. The Morgan fingerprint density at radius 3 is 2.96 bits per heavy atom. The minimum absolute atomic E-state index is 0.0886. The third kappa shape index (κ3) is 3.37. The summed E-state index contributed by atoms with van der Waals surface area (Å²) in [5.74, 6) is -0.393. The van der Waals surface area contributed by atoms with Crippen molar-refractivity contribution >= 4 is 46.3 Å². The standard InChI is InChI=1S/C17H15NO4S2/c1-10-12(8-11-4-2-3-5-13(11)22-10)9-14-16(21)18(17(23)24-14)7-6-15(19)20/h2-5,8-10H,6-7H2,1H3,(H,19,20)/b14-9-/t10-/m0/s1. The van der Waals surface area contributed by atoms with Crippen molar-refractivity contribution in [1.29, 1.82) is 0 Å². The van der Waals surface area contributed by atoms with E-state index in [1.165, 1.54) is 16.7 Å². The highest BCUT2D eigenvalue weighted by Crippen LogP contribution is 2.35. The molecule has 0 spiro atoms. The van der Waals surface area contributed by atoms with Gasteiger partial charge in [0.15, 0.2) is 0 Å². The van der Waals surface area contributed by atoms with Crippen LogP contribution < -0.4 is 4.74 Å². The fourth-order valence-electron chi connectivity index (χ4n) is 2.47. The molecule has 5 nitrogen and oxygen atoms in total. The lowest BCUT2D eigenvalue weighted by Crippen LogP contribution is -2.30. The van der Waals surface area contributed by atoms with Gasteiger partial charge in [0.2, 0.25) is 0 Å². The zero-order valence-corrected chi connectivity index (χ0v) is 14.5. The third-order valence-electron chi connectivity index (χ3n) is 3.73. The quantitative estimate of drug-likeness (QED) is 0.657. The van der Waals surface area contributed by atoms with E-state index in [4.69, 9.17) is 22.1 Å². The third-order valence-corrected chi connectivity index (χ3v) is 5.11. The molecular formula is C17H15NO4S2. The number of thioether (sulfide) groups is 1. The Morgan fingerprint density at radius 1 is 1.46 bits per heavy atom. The molecule has 7 heteroatoms. The monoisotopic (exact) mass is 361 g/mol. The van der Waals surface area contributed by atoms with Gasteiger partial charge in [0.05, 0.1) is 11.3 Å². The summed E-state index contributed by atoms with van der Waals surface area (Å²) in [7, 11) is 0. The lowest BCUT2D eigenvalue weighted by atomic mass is 10.0. The minimum atomic E-state index is -0.957. The Morgan fingerprint density at radius 2 is 2.21 bits per heavy atom. The summed E-state index contributed by atoms with van der Waals surface area (Å²) in [4.78, 5) is 25.0. The van der Waals surface area contributed by atoms with E-state index in [1.807, 2.05) is 37.3 Å². The van der Waals surface area contributed by atoms with Crippen LogP contribution in [0, 0.1) is 0 Å². The van der Waals surface area contributed by atoms with Crippen molar-refractivity contribution in [2.45, 2.75) is 19.4 Å². The predicted octanol–water partition coefficient (Wildman–Crippen LogP) is 3.07. The predicted molar refractivity (Wildman–Crippen MR) is 96.7 cm³/mol. The van der Waals surface area contributed by atoms with E-state index in [0.717, 1.165) is 16.9 Å². The summed E-state index contributed by atoms with van der Waals surface area (Å²) in [6.07, 6.45) is 3.46. The van der Waals surface area contributed by atoms with Gasteiger partial charge in [-0.3, -0.25) is 14.5 Å². The van der Waals surface area contributed by atoms with Crippen LogP contribution in [0.3, 0.4) is 0 Å². The van der Waals surface area contributed by atoms with Crippen molar-refractivity contribution in [2.24, 2.45) is 0 Å². The van der Waals surface area contributed by atoms with Crippen LogP contribution in [0.5, 0.6) is 5.75 Å². The van der Waals surface area contributed by atoms with Crippen LogP contribution in [0.4, 0.5) is 0 Å². The Labute approximate surface area is 149 Å². The number of ether oxygens (including phenoxy) is 1. The smallest absolute Gasteiger partial charge is 0.305 e. The van der Waals surface area contributed by atoms with E-state index in [1.54, 1.807) is 6.08 Å². The number of nitrogens with zero attached hydrogens (tertiary/aromatic N) is 1. The molecule has 1 aromatic rings. The fraction of sp³-hybridized carbons (Fsp3) is 0.235. The molecule has 1 saturated heterocycles. The molecular weight excluding hydrogens is 346 g/mol. The molecule has 3 rings (SSSR count). The van der Waals surface area contributed by atoms with Crippen molar-refractivity contribution in [3.8, 4) is 5.75 Å². The van der Waals surface area contributed by atoms with Crippen LogP contribution in [-0.4, -0.2) is 38.9 Å². The first-order valence-corrected chi connectivity index (χ1v) is 8.62. The number of benzene rings is 1. The number of hydrogen-bond acceptors (Lipinski definition) is 5. The molecule has 2 heterocycles. The summed E-state index contributed by atoms with van der Waals surface area (Å²) < 4.78 is 6.25. The van der Waals surface area contributed by atoms with E-state index < -0.39 is 5.97 Å². The zero-order chi connectivity index (χ0) is 17.3. The van der Waals surface area contributed by atoms with Gasteiger partial charge in [0.25, 0.3) is 5.91 Å². The van der Waals surface area contributed by atoms with Gasteiger partial charge in [0, 0.05) is 12.1 Å². The molecule has 0 saturated carbocycles. The topological polar surface area (TPSA) is 66.8 Å². The van der Waals surface area contributed by atoms with Crippen LogP contribution >= 0.6 is 24.0 Å². The molecule has 24 heavy (non-hydrogen) atoms. The number of aliphatic carboxylic acids is 1. The molecule has 2 aliphatic rings. The van der Waals surface area contributed by atoms with Gasteiger partial charge in [0.1, 0.15) is 16.2 Å². The average molecular weight is 361 g/mol. The van der Waals surface area contributed by atoms with Gasteiger partial charge >= 0.3 is 5.97 Å². The average Bonchev–Trinajstić information content (AvgIpc) is 2.80. The fourth-order valence-corrected chi connectivity index (χ4v) is 3.78. The van der Waals surface area contributed by atoms with Crippen molar-refractivity contribution in [2.75, 3.05) is 6.54 Å². The maximum Gasteiger partial charge on any atom is 0.305 e. The number of rotatable bonds is 4. The van der Waals surface area contributed by atoms with E-state index in [-0.39, 0.29) is 25.0 Å². The molecule has 1 amide bonds. The number of carbonyl (C=O) groups is 2. The van der Waals surface area contributed by atoms with Crippen molar-refractivity contribution < 1.29 is 19.4 Å². The molecule has 0 aromatic heterocycles. The summed E-state index contributed by atoms with van der Waals surface area (Å²) in [6, 6.07) is 7.70. The van der Waals surface area contributed by atoms with Gasteiger partial charge < -0.3 is 9.84 Å². The van der Waals surface area contributed by atoms with E-state index >= 15 is 0 Å². The number of carboxylic acids is 1. The van der Waals surface area contributed by atoms with E-state index in [9.17, 15) is 9.59 Å². The second kappa shape index (κ2) is 6.78. The molecule has 1 aromatic carbocycles. The Bertz CT molecular complexity index is 785. The van der Waals surface area contributed by atoms with Crippen LogP contribution in [0.2, 0.25) is 0 Å². The summed E-state index contributed by atoms with van der Waals surface area (Å²) in [5, 5.41) is 8.77. The Balaban J connectivity index is 1.84. The Kier molecular flexibility index (Phi) is 4.73. The van der Waals surface area contributed by atoms with Crippen molar-refractivity contribution in [3.05, 3.63) is 46.4 Å². The molecule has 0 aliphatic carbocycles. The molecule has 0 radical (unpaired) electrons. The van der Waals surface area contributed by atoms with Crippen molar-refractivity contribution in [1.82, 2.24) is 4.90 Å². The van der Waals surface area contributed by atoms with Crippen LogP contribution in [0.1, 0.15) is 18.9 Å². The highest BCUT2D eigenvalue weighted by Gasteiger charge is 2.33. The lowest BCUT2D eigenvalue weighted by Gasteiger charge is -2.23. The molecule has 0 bridgehead atoms. The number of carbonyl (C=O) groups excluding carboxylic acids is 1. The van der Waals surface area contributed by atoms with E-state index in [2.05, 4.69) is 0 Å². The molecule has 1 fully saturated rings. The summed E-state index contributed by atoms with van der Waals surface area (Å²) in [5.41, 5.74) is 1.84. The number of carboxylic acid groups (broad SMARTS) is 1. The molecule has 0 unspecified atom stereocenters. The van der Waals surface area contributed by atoms with Crippen LogP contribution in [0.25, 0.3) is 6.08 Å². The van der Waals surface area contributed by atoms with Crippen LogP contribution in [0.15, 0.2) is 40.8 Å². The van der Waals surface area contributed by atoms with Crippen LogP contribution in [-0.2, 0) is 9.59 Å². The van der Waals surface area contributed by atoms with Gasteiger partial charge in [-0.2, -0.15) is 0 Å². The van der Waals surface area contributed by atoms with E-state index in [0.29, 0.717) is 9.23 Å². The second-order valence-corrected chi connectivity index (χ2v) is 7.10.